The topological polar surface area (TPSA) is 78.3 Å². The number of hydrogen-bond acceptors (Lipinski definition) is 5. The third kappa shape index (κ3) is 3.23. The molecule has 0 saturated carbocycles. The number of carbonyl (C=O) groups is 1. The van der Waals surface area contributed by atoms with Gasteiger partial charge >= 0.3 is 0 Å². The van der Waals surface area contributed by atoms with E-state index in [1.165, 1.54) is 0 Å². The molecule has 1 aliphatic rings. The van der Waals surface area contributed by atoms with Crippen LogP contribution in [0.4, 0.5) is 5.82 Å². The second-order valence-corrected chi connectivity index (χ2v) is 5.96. The summed E-state index contributed by atoms with van der Waals surface area (Å²) < 4.78 is 12.8. The van der Waals surface area contributed by atoms with Crippen molar-refractivity contribution in [3.63, 3.8) is 0 Å². The van der Waals surface area contributed by atoms with Crippen LogP contribution in [0.25, 0.3) is 5.69 Å². The number of aromatic nitrogens is 3. The number of nitrogens with one attached hydrogen (secondary N) is 1. The summed E-state index contributed by atoms with van der Waals surface area (Å²) in [5.41, 5.74) is 1.74. The highest BCUT2D eigenvalue weighted by atomic mass is 16.6. The van der Waals surface area contributed by atoms with Gasteiger partial charge in [-0.25, -0.2) is 4.68 Å². The molecule has 1 aliphatic heterocycles. The predicted octanol–water partition coefficient (Wildman–Crippen LogP) is 2.78. The van der Waals surface area contributed by atoms with Gasteiger partial charge in [0.05, 0.1) is 11.6 Å². The molecule has 7 nitrogen and oxygen atoms in total. The van der Waals surface area contributed by atoms with E-state index in [9.17, 15) is 4.79 Å². The van der Waals surface area contributed by atoms with Crippen molar-refractivity contribution in [2.75, 3.05) is 18.5 Å². The molecule has 0 radical (unpaired) electrons. The Morgan fingerprint density at radius 3 is 2.69 bits per heavy atom. The first-order valence-electron chi connectivity index (χ1n) is 8.37. The quantitative estimate of drug-likeness (QED) is 0.783. The van der Waals surface area contributed by atoms with Crippen molar-refractivity contribution in [1.82, 2.24) is 14.8 Å². The smallest absolute Gasteiger partial charge is 0.232 e. The maximum atomic E-state index is 12.6. The van der Waals surface area contributed by atoms with E-state index in [4.69, 9.17) is 9.47 Å². The van der Waals surface area contributed by atoms with Crippen molar-refractivity contribution < 1.29 is 14.3 Å². The second kappa shape index (κ2) is 6.87. The van der Waals surface area contributed by atoms with Gasteiger partial charge in [0.1, 0.15) is 13.2 Å². The van der Waals surface area contributed by atoms with Crippen LogP contribution in [-0.2, 0) is 4.79 Å². The van der Waals surface area contributed by atoms with Crippen LogP contribution >= 0.6 is 0 Å². The highest BCUT2D eigenvalue weighted by Gasteiger charge is 2.20. The Morgan fingerprint density at radius 2 is 1.88 bits per heavy atom. The second-order valence-electron chi connectivity index (χ2n) is 5.96. The minimum absolute atomic E-state index is 0.137. The van der Waals surface area contributed by atoms with Gasteiger partial charge in [0.25, 0.3) is 0 Å². The molecule has 0 fully saturated rings. The van der Waals surface area contributed by atoms with Crippen LogP contribution in [-0.4, -0.2) is 33.9 Å². The SMILES string of the molecule is CC(C(=O)Nc1ccn(-c2ccncc2)n1)c1ccc2c(c1)OCCO2. The van der Waals surface area contributed by atoms with Gasteiger partial charge in [-0.3, -0.25) is 9.78 Å². The number of rotatable bonds is 4. The van der Waals surface area contributed by atoms with Gasteiger partial charge in [-0.2, -0.15) is 5.10 Å². The standard InChI is InChI=1S/C19H18N4O3/c1-13(14-2-3-16-17(12-14)26-11-10-25-16)19(24)21-18-6-9-23(22-18)15-4-7-20-8-5-15/h2-9,12-13H,10-11H2,1H3,(H,21,22,24). The Balaban J connectivity index is 1.47. The van der Waals surface area contributed by atoms with E-state index in [-0.39, 0.29) is 11.8 Å². The van der Waals surface area contributed by atoms with Crippen molar-refractivity contribution in [2.45, 2.75) is 12.8 Å². The zero-order valence-corrected chi connectivity index (χ0v) is 14.3. The molecule has 3 aromatic rings. The average Bonchev–Trinajstić information content (AvgIpc) is 3.16. The molecule has 0 spiro atoms. The summed E-state index contributed by atoms with van der Waals surface area (Å²) in [5, 5.41) is 7.23. The van der Waals surface area contributed by atoms with E-state index in [2.05, 4.69) is 15.4 Å². The third-order valence-electron chi connectivity index (χ3n) is 4.23. The zero-order chi connectivity index (χ0) is 17.9. The van der Waals surface area contributed by atoms with Gasteiger partial charge in [0.15, 0.2) is 17.3 Å². The number of fused-ring (bicyclic) bond motifs is 1. The van der Waals surface area contributed by atoms with Gasteiger partial charge < -0.3 is 14.8 Å². The fourth-order valence-corrected chi connectivity index (χ4v) is 2.75. The highest BCUT2D eigenvalue weighted by Crippen LogP contribution is 2.33. The predicted molar refractivity (Wildman–Crippen MR) is 95.8 cm³/mol. The van der Waals surface area contributed by atoms with Crippen LogP contribution in [0, 0.1) is 0 Å². The number of amides is 1. The molecule has 0 bridgehead atoms. The van der Waals surface area contributed by atoms with Crippen LogP contribution in [0.5, 0.6) is 11.5 Å². The summed E-state index contributed by atoms with van der Waals surface area (Å²) in [6.45, 7) is 2.91. The number of hydrogen-bond donors (Lipinski definition) is 1. The highest BCUT2D eigenvalue weighted by molar-refractivity contribution is 5.94. The number of benzene rings is 1. The summed E-state index contributed by atoms with van der Waals surface area (Å²) >= 11 is 0. The molecule has 1 amide bonds. The largest absolute Gasteiger partial charge is 0.486 e. The molecule has 26 heavy (non-hydrogen) atoms. The first-order valence-corrected chi connectivity index (χ1v) is 8.37. The number of nitrogens with zero attached hydrogens (tertiary/aromatic N) is 3. The van der Waals surface area contributed by atoms with Crippen LogP contribution in [0.15, 0.2) is 55.0 Å². The minimum Gasteiger partial charge on any atom is -0.486 e. The first kappa shape index (κ1) is 16.1. The van der Waals surface area contributed by atoms with Crippen LogP contribution in [0.1, 0.15) is 18.4 Å². The van der Waals surface area contributed by atoms with Gasteiger partial charge in [-0.1, -0.05) is 6.07 Å². The van der Waals surface area contributed by atoms with Crippen molar-refractivity contribution in [1.29, 1.82) is 0 Å². The monoisotopic (exact) mass is 350 g/mol. The van der Waals surface area contributed by atoms with E-state index in [0.717, 1.165) is 11.3 Å². The molecule has 1 aromatic carbocycles. The molecule has 1 N–H and O–H groups in total. The number of anilines is 1. The Labute approximate surface area is 150 Å². The molecule has 0 aliphatic carbocycles. The molecule has 7 heteroatoms. The Hall–Kier alpha value is -3.35. The summed E-state index contributed by atoms with van der Waals surface area (Å²) in [4.78, 5) is 16.6. The Bertz CT molecular complexity index is 924. The average molecular weight is 350 g/mol. The number of carbonyl (C=O) groups excluding carboxylic acids is 1. The van der Waals surface area contributed by atoms with Gasteiger partial charge in [0, 0.05) is 24.7 Å². The molecule has 1 atom stereocenters. The summed E-state index contributed by atoms with van der Waals surface area (Å²) in [7, 11) is 0. The summed E-state index contributed by atoms with van der Waals surface area (Å²) in [6, 6.07) is 11.0. The lowest BCUT2D eigenvalue weighted by atomic mass is 9.99. The fraction of sp³-hybridized carbons (Fsp3) is 0.211. The first-order chi connectivity index (χ1) is 12.7. The van der Waals surface area contributed by atoms with Crippen LogP contribution in [0.3, 0.4) is 0 Å². The molecular weight excluding hydrogens is 332 g/mol. The normalized spacial score (nSPS) is 13.9. The summed E-state index contributed by atoms with van der Waals surface area (Å²) in [6.07, 6.45) is 5.18. The number of pyridine rings is 1. The van der Waals surface area contributed by atoms with Crippen LogP contribution in [0.2, 0.25) is 0 Å². The molecule has 0 saturated heterocycles. The van der Waals surface area contributed by atoms with E-state index in [0.29, 0.717) is 30.5 Å². The van der Waals surface area contributed by atoms with Crippen molar-refractivity contribution >= 4 is 11.7 Å². The number of ether oxygens (including phenoxy) is 2. The molecule has 3 heterocycles. The Morgan fingerprint density at radius 1 is 1.12 bits per heavy atom. The van der Waals surface area contributed by atoms with E-state index < -0.39 is 0 Å². The van der Waals surface area contributed by atoms with Crippen molar-refractivity contribution in [3.05, 3.63) is 60.6 Å². The van der Waals surface area contributed by atoms with Gasteiger partial charge in [0.2, 0.25) is 5.91 Å². The maximum absolute atomic E-state index is 12.6. The van der Waals surface area contributed by atoms with E-state index >= 15 is 0 Å². The Kier molecular flexibility index (Phi) is 4.27. The lowest BCUT2D eigenvalue weighted by Crippen LogP contribution is -2.20. The van der Waals surface area contributed by atoms with Gasteiger partial charge in [-0.15, -0.1) is 0 Å². The lowest BCUT2D eigenvalue weighted by molar-refractivity contribution is -0.117. The van der Waals surface area contributed by atoms with Crippen molar-refractivity contribution in [3.8, 4) is 17.2 Å². The molecule has 2 aromatic heterocycles. The van der Waals surface area contributed by atoms with Crippen molar-refractivity contribution in [2.24, 2.45) is 0 Å². The minimum atomic E-state index is -0.350. The zero-order valence-electron chi connectivity index (χ0n) is 14.3. The molecule has 1 unspecified atom stereocenters. The molecule has 4 rings (SSSR count). The van der Waals surface area contributed by atoms with Crippen LogP contribution < -0.4 is 14.8 Å². The third-order valence-corrected chi connectivity index (χ3v) is 4.23. The maximum Gasteiger partial charge on any atom is 0.232 e. The summed E-state index contributed by atoms with van der Waals surface area (Å²) in [5.74, 6) is 1.40. The van der Waals surface area contributed by atoms with Gasteiger partial charge in [-0.05, 0) is 36.8 Å². The van der Waals surface area contributed by atoms with E-state index in [1.807, 2.05) is 37.3 Å². The fourth-order valence-electron chi connectivity index (χ4n) is 2.75. The lowest BCUT2D eigenvalue weighted by Gasteiger charge is -2.20. The molecular formula is C19H18N4O3. The van der Waals surface area contributed by atoms with E-state index in [1.54, 1.807) is 29.3 Å². The molecule has 132 valence electrons.